The molecule has 0 saturated heterocycles. The Morgan fingerprint density at radius 2 is 1.42 bits per heavy atom. The third-order valence-corrected chi connectivity index (χ3v) is 4.36. The van der Waals surface area contributed by atoms with Crippen LogP contribution in [-0.2, 0) is 13.1 Å². The minimum Gasteiger partial charge on any atom is -0.330 e. The molecule has 0 atom stereocenters. The van der Waals surface area contributed by atoms with Crippen LogP contribution in [0.2, 0.25) is 0 Å². The second kappa shape index (κ2) is 9.24. The number of aromatic nitrogens is 6. The van der Waals surface area contributed by atoms with Gasteiger partial charge in [0.05, 0.1) is 12.4 Å². The van der Waals surface area contributed by atoms with E-state index in [-0.39, 0.29) is 0 Å². The topological polar surface area (TPSA) is 87.4 Å². The third-order valence-electron chi connectivity index (χ3n) is 4.36. The van der Waals surface area contributed by atoms with Crippen LogP contribution >= 0.6 is 0 Å². The van der Waals surface area contributed by atoms with Crippen molar-refractivity contribution < 1.29 is 0 Å². The first-order chi connectivity index (χ1) is 12.8. The van der Waals surface area contributed by atoms with Crippen molar-refractivity contribution in [2.75, 3.05) is 6.54 Å². The van der Waals surface area contributed by atoms with Crippen LogP contribution < -0.4 is 5.73 Å². The van der Waals surface area contributed by atoms with Crippen molar-refractivity contribution in [2.24, 2.45) is 5.73 Å². The Hall–Kier alpha value is -2.54. The molecule has 2 heterocycles. The summed E-state index contributed by atoms with van der Waals surface area (Å²) < 4.78 is 3.80. The fourth-order valence-corrected chi connectivity index (χ4v) is 2.86. The van der Waals surface area contributed by atoms with Crippen LogP contribution in [0.4, 0.5) is 0 Å². The van der Waals surface area contributed by atoms with Gasteiger partial charge in [0.1, 0.15) is 11.4 Å². The van der Waals surface area contributed by atoms with E-state index in [4.69, 9.17) is 5.73 Å². The van der Waals surface area contributed by atoms with E-state index in [1.807, 2.05) is 33.9 Å². The van der Waals surface area contributed by atoms with Crippen molar-refractivity contribution in [3.63, 3.8) is 0 Å². The van der Waals surface area contributed by atoms with Gasteiger partial charge in [-0.05, 0) is 31.9 Å². The van der Waals surface area contributed by atoms with Gasteiger partial charge in [-0.3, -0.25) is 9.36 Å². The predicted octanol–water partition coefficient (Wildman–Crippen LogP) is 3.13. The molecule has 7 nitrogen and oxygen atoms in total. The second-order valence-corrected chi connectivity index (χ2v) is 6.52. The van der Waals surface area contributed by atoms with E-state index in [1.54, 1.807) is 0 Å². The van der Waals surface area contributed by atoms with Gasteiger partial charge in [-0.15, -0.1) is 10.2 Å². The summed E-state index contributed by atoms with van der Waals surface area (Å²) in [6.07, 6.45) is 9.56. The summed E-state index contributed by atoms with van der Waals surface area (Å²) >= 11 is 0. The van der Waals surface area contributed by atoms with Crippen LogP contribution in [0, 0.1) is 0 Å². The highest BCUT2D eigenvalue weighted by Crippen LogP contribution is 2.23. The molecule has 0 aliphatic rings. The van der Waals surface area contributed by atoms with Crippen molar-refractivity contribution in [2.45, 2.75) is 52.1 Å². The molecule has 1 aromatic carbocycles. The number of unbranched alkanes of at least 4 members (excludes halogenated alkanes) is 3. The number of rotatable bonds is 10. The maximum Gasteiger partial charge on any atom is 0.113 e. The van der Waals surface area contributed by atoms with E-state index >= 15 is 0 Å². The summed E-state index contributed by atoms with van der Waals surface area (Å²) in [5, 5.41) is 17.1. The standard InChI is InChI=1S/C19H27N7/c1-2-3-5-11-25-14-18(21-23-25)16-8-7-9-17(13-16)19-15-26(24-22-19)12-6-4-10-20/h7-9,13-15H,2-6,10-12,20H2,1H3. The minimum absolute atomic E-state index is 0.711. The number of hydrogen-bond donors (Lipinski definition) is 1. The van der Waals surface area contributed by atoms with E-state index in [0.717, 1.165) is 54.9 Å². The lowest BCUT2D eigenvalue weighted by Crippen LogP contribution is -2.03. The molecule has 0 amide bonds. The van der Waals surface area contributed by atoms with Gasteiger partial charge in [-0.1, -0.05) is 48.4 Å². The number of benzene rings is 1. The minimum atomic E-state index is 0.711. The van der Waals surface area contributed by atoms with Crippen molar-refractivity contribution in [1.82, 2.24) is 30.0 Å². The van der Waals surface area contributed by atoms with Gasteiger partial charge in [0.2, 0.25) is 0 Å². The quantitative estimate of drug-likeness (QED) is 0.566. The van der Waals surface area contributed by atoms with Crippen molar-refractivity contribution in [3.8, 4) is 22.5 Å². The fourth-order valence-electron chi connectivity index (χ4n) is 2.86. The fraction of sp³-hybridized carbons (Fsp3) is 0.474. The molecule has 0 aliphatic carbocycles. The summed E-state index contributed by atoms with van der Waals surface area (Å²) in [6.45, 7) is 4.67. The third kappa shape index (κ3) is 4.76. The van der Waals surface area contributed by atoms with Gasteiger partial charge >= 0.3 is 0 Å². The van der Waals surface area contributed by atoms with Crippen LogP contribution in [0.15, 0.2) is 36.7 Å². The van der Waals surface area contributed by atoms with Gasteiger partial charge in [0.25, 0.3) is 0 Å². The highest BCUT2D eigenvalue weighted by atomic mass is 15.4. The number of hydrogen-bond acceptors (Lipinski definition) is 5. The predicted molar refractivity (Wildman–Crippen MR) is 102 cm³/mol. The van der Waals surface area contributed by atoms with Gasteiger partial charge in [-0.2, -0.15) is 0 Å². The lowest BCUT2D eigenvalue weighted by molar-refractivity contribution is 0.537. The van der Waals surface area contributed by atoms with E-state index in [9.17, 15) is 0 Å². The zero-order chi connectivity index (χ0) is 18.2. The van der Waals surface area contributed by atoms with Crippen molar-refractivity contribution >= 4 is 0 Å². The number of nitrogens with two attached hydrogens (primary N) is 1. The smallest absolute Gasteiger partial charge is 0.113 e. The Balaban J connectivity index is 1.70. The van der Waals surface area contributed by atoms with Gasteiger partial charge < -0.3 is 5.73 Å². The Labute approximate surface area is 154 Å². The maximum atomic E-state index is 5.54. The van der Waals surface area contributed by atoms with Crippen molar-refractivity contribution in [3.05, 3.63) is 36.7 Å². The Morgan fingerprint density at radius 1 is 0.846 bits per heavy atom. The Kier molecular flexibility index (Phi) is 6.49. The zero-order valence-corrected chi connectivity index (χ0v) is 15.4. The molecule has 2 N–H and O–H groups in total. The summed E-state index contributed by atoms with van der Waals surface area (Å²) in [5.41, 5.74) is 9.38. The molecule has 3 aromatic rings. The van der Waals surface area contributed by atoms with Gasteiger partial charge in [0, 0.05) is 24.2 Å². The van der Waals surface area contributed by atoms with Crippen LogP contribution in [0.3, 0.4) is 0 Å². The molecular weight excluding hydrogens is 326 g/mol. The van der Waals surface area contributed by atoms with Crippen molar-refractivity contribution in [1.29, 1.82) is 0 Å². The highest BCUT2D eigenvalue weighted by molar-refractivity contribution is 5.68. The Bertz CT molecular complexity index is 742. The molecule has 26 heavy (non-hydrogen) atoms. The molecule has 0 fully saturated rings. The van der Waals surface area contributed by atoms with E-state index < -0.39 is 0 Å². The number of aryl methyl sites for hydroxylation is 2. The normalized spacial score (nSPS) is 11.2. The Morgan fingerprint density at radius 3 is 1.96 bits per heavy atom. The first kappa shape index (κ1) is 18.3. The molecule has 0 aliphatic heterocycles. The summed E-state index contributed by atoms with van der Waals surface area (Å²) in [5.74, 6) is 0. The monoisotopic (exact) mass is 353 g/mol. The van der Waals surface area contributed by atoms with E-state index in [1.165, 1.54) is 12.8 Å². The molecule has 0 radical (unpaired) electrons. The van der Waals surface area contributed by atoms with Gasteiger partial charge in [-0.25, -0.2) is 0 Å². The van der Waals surface area contributed by atoms with Gasteiger partial charge in [0.15, 0.2) is 0 Å². The highest BCUT2D eigenvalue weighted by Gasteiger charge is 2.08. The summed E-state index contributed by atoms with van der Waals surface area (Å²) in [4.78, 5) is 0. The molecule has 3 rings (SSSR count). The second-order valence-electron chi connectivity index (χ2n) is 6.52. The SMILES string of the molecule is CCCCCn1cc(-c2cccc(-c3cn(CCCCN)nn3)c2)nn1. The summed E-state index contributed by atoms with van der Waals surface area (Å²) in [7, 11) is 0. The number of nitrogens with zero attached hydrogens (tertiary/aromatic N) is 6. The molecule has 0 bridgehead atoms. The molecule has 0 unspecified atom stereocenters. The molecule has 138 valence electrons. The lowest BCUT2D eigenvalue weighted by atomic mass is 10.1. The first-order valence-corrected chi connectivity index (χ1v) is 9.41. The molecular formula is C19H27N7. The van der Waals surface area contributed by atoms with Crippen LogP contribution in [0.1, 0.15) is 39.0 Å². The zero-order valence-electron chi connectivity index (χ0n) is 15.4. The van der Waals surface area contributed by atoms with Crippen LogP contribution in [0.5, 0.6) is 0 Å². The average Bonchev–Trinajstić information content (AvgIpc) is 3.32. The maximum absolute atomic E-state index is 5.54. The molecule has 0 saturated carbocycles. The summed E-state index contributed by atoms with van der Waals surface area (Å²) in [6, 6.07) is 8.21. The molecule has 2 aromatic heterocycles. The molecule has 7 heteroatoms. The lowest BCUT2D eigenvalue weighted by Gasteiger charge is -2.00. The molecule has 0 spiro atoms. The van der Waals surface area contributed by atoms with E-state index in [0.29, 0.717) is 6.54 Å². The largest absolute Gasteiger partial charge is 0.330 e. The average molecular weight is 353 g/mol. The first-order valence-electron chi connectivity index (χ1n) is 9.41. The van der Waals surface area contributed by atoms with Crippen LogP contribution in [-0.4, -0.2) is 36.5 Å². The van der Waals surface area contributed by atoms with Crippen LogP contribution in [0.25, 0.3) is 22.5 Å². The van der Waals surface area contributed by atoms with E-state index in [2.05, 4.69) is 39.7 Å².